The molecule has 0 saturated heterocycles. The first-order valence-corrected chi connectivity index (χ1v) is 9.82. The van der Waals surface area contributed by atoms with Crippen LogP contribution < -0.4 is 9.47 Å². The number of rotatable bonds is 7. The number of benzene rings is 3. The fourth-order valence-corrected chi connectivity index (χ4v) is 3.29. The summed E-state index contributed by atoms with van der Waals surface area (Å²) in [6.45, 7) is 0.309. The van der Waals surface area contributed by atoms with Crippen molar-refractivity contribution in [3.05, 3.63) is 98.5 Å². The van der Waals surface area contributed by atoms with E-state index >= 15 is 0 Å². The Morgan fingerprint density at radius 3 is 2.34 bits per heavy atom. The number of halogens is 3. The molecule has 3 rings (SSSR count). The summed E-state index contributed by atoms with van der Waals surface area (Å²) in [4.78, 5) is 12.4. The van der Waals surface area contributed by atoms with E-state index in [0.717, 1.165) is 11.1 Å². The van der Waals surface area contributed by atoms with Crippen LogP contribution in [0.4, 0.5) is 0 Å². The average Bonchev–Trinajstić information content (AvgIpc) is 2.71. The summed E-state index contributed by atoms with van der Waals surface area (Å²) in [5.41, 5.74) is 2.08. The molecule has 0 radical (unpaired) electrons. The second kappa shape index (κ2) is 9.84. The van der Waals surface area contributed by atoms with E-state index in [4.69, 9.17) is 44.3 Å². The van der Waals surface area contributed by atoms with Crippen LogP contribution in [-0.4, -0.2) is 12.9 Å². The van der Waals surface area contributed by atoms with Gasteiger partial charge >= 0.3 is 0 Å². The lowest BCUT2D eigenvalue weighted by Crippen LogP contribution is -1.99. The number of carbonyl (C=O) groups is 1. The van der Waals surface area contributed by atoms with Gasteiger partial charge in [0.15, 0.2) is 5.78 Å². The van der Waals surface area contributed by atoms with Crippen molar-refractivity contribution >= 4 is 46.7 Å². The molecule has 3 nitrogen and oxygen atoms in total. The van der Waals surface area contributed by atoms with Gasteiger partial charge in [-0.1, -0.05) is 46.9 Å². The normalized spacial score (nSPS) is 10.9. The lowest BCUT2D eigenvalue weighted by molar-refractivity contribution is 0.104. The lowest BCUT2D eigenvalue weighted by atomic mass is 10.1. The molecule has 6 heteroatoms. The largest absolute Gasteiger partial charge is 0.496 e. The summed E-state index contributed by atoms with van der Waals surface area (Å²) in [6, 6.07) is 17.5. The second-order valence-corrected chi connectivity index (χ2v) is 7.42. The molecular formula is C23H17Cl3O3. The van der Waals surface area contributed by atoms with Gasteiger partial charge in [-0.15, -0.1) is 0 Å². The predicted octanol–water partition coefficient (Wildman–Crippen LogP) is 7.13. The molecule has 0 aromatic heterocycles. The van der Waals surface area contributed by atoms with Crippen molar-refractivity contribution in [2.24, 2.45) is 0 Å². The molecule has 0 aliphatic carbocycles. The number of ketones is 1. The second-order valence-electron chi connectivity index (χ2n) is 6.14. The van der Waals surface area contributed by atoms with E-state index in [1.54, 1.807) is 55.7 Å². The van der Waals surface area contributed by atoms with Crippen molar-refractivity contribution in [2.75, 3.05) is 7.11 Å². The summed E-state index contributed by atoms with van der Waals surface area (Å²) in [5.74, 6) is 1.19. The van der Waals surface area contributed by atoms with E-state index in [9.17, 15) is 4.79 Å². The highest BCUT2D eigenvalue weighted by Crippen LogP contribution is 2.25. The molecular weight excluding hydrogens is 431 g/mol. The van der Waals surface area contributed by atoms with Crippen molar-refractivity contribution in [1.29, 1.82) is 0 Å². The third kappa shape index (κ3) is 5.77. The van der Waals surface area contributed by atoms with Crippen molar-refractivity contribution in [1.82, 2.24) is 0 Å². The minimum absolute atomic E-state index is 0.207. The van der Waals surface area contributed by atoms with E-state index in [1.165, 1.54) is 6.08 Å². The molecule has 0 unspecified atom stereocenters. The van der Waals surface area contributed by atoms with Crippen LogP contribution in [0.5, 0.6) is 11.5 Å². The molecule has 0 aliphatic rings. The van der Waals surface area contributed by atoms with Crippen molar-refractivity contribution in [2.45, 2.75) is 6.61 Å². The first-order valence-electron chi connectivity index (χ1n) is 8.69. The Bertz CT molecular complexity index is 1040. The maximum atomic E-state index is 12.4. The Hall–Kier alpha value is -2.46. The number of methoxy groups -OCH3 is 1. The number of carbonyl (C=O) groups excluding carboxylic acids is 1. The van der Waals surface area contributed by atoms with Crippen LogP contribution in [0.25, 0.3) is 6.08 Å². The Balaban J connectivity index is 1.75. The van der Waals surface area contributed by atoms with Gasteiger partial charge in [0.05, 0.1) is 12.1 Å². The minimum Gasteiger partial charge on any atom is -0.496 e. The highest BCUT2D eigenvalue weighted by molar-refractivity contribution is 6.37. The van der Waals surface area contributed by atoms with Gasteiger partial charge in [0.25, 0.3) is 0 Å². The Labute approximate surface area is 184 Å². The van der Waals surface area contributed by atoms with Crippen molar-refractivity contribution in [3.8, 4) is 11.5 Å². The molecule has 148 valence electrons. The summed E-state index contributed by atoms with van der Waals surface area (Å²) < 4.78 is 11.2. The Kier molecular flexibility index (Phi) is 7.21. The van der Waals surface area contributed by atoms with Gasteiger partial charge in [-0.3, -0.25) is 4.79 Å². The SMILES string of the molecule is COc1ccc(/C=C/C(=O)c2ccc(Cl)cc2Cl)cc1COc1ccc(Cl)cc1. The van der Waals surface area contributed by atoms with Gasteiger partial charge in [-0.2, -0.15) is 0 Å². The van der Waals surface area contributed by atoms with E-state index in [1.807, 2.05) is 18.2 Å². The van der Waals surface area contributed by atoms with Crippen LogP contribution in [0.1, 0.15) is 21.5 Å². The van der Waals surface area contributed by atoms with Gasteiger partial charge in [0, 0.05) is 21.2 Å². The van der Waals surface area contributed by atoms with Crippen LogP contribution in [0.2, 0.25) is 15.1 Å². The standard InChI is InChI=1S/C23H17Cl3O3/c1-28-23-11-3-15(2-10-22(27)20-9-6-18(25)13-21(20)26)12-16(23)14-29-19-7-4-17(24)5-8-19/h2-13H,14H2,1H3/b10-2+. The van der Waals surface area contributed by atoms with Crippen molar-refractivity contribution in [3.63, 3.8) is 0 Å². The molecule has 3 aromatic carbocycles. The molecule has 0 amide bonds. The quantitative estimate of drug-likeness (QED) is 0.285. The van der Waals surface area contributed by atoms with Crippen LogP contribution in [-0.2, 0) is 6.61 Å². The summed E-state index contributed by atoms with van der Waals surface area (Å²) >= 11 is 17.9. The molecule has 0 N–H and O–H groups in total. The number of hydrogen-bond acceptors (Lipinski definition) is 3. The fraction of sp³-hybridized carbons (Fsp3) is 0.0870. The van der Waals surface area contributed by atoms with Crippen LogP contribution >= 0.6 is 34.8 Å². The number of hydrogen-bond donors (Lipinski definition) is 0. The first-order chi connectivity index (χ1) is 14.0. The molecule has 0 atom stereocenters. The van der Waals surface area contributed by atoms with Crippen molar-refractivity contribution < 1.29 is 14.3 Å². The topological polar surface area (TPSA) is 35.5 Å². The Morgan fingerprint density at radius 2 is 1.66 bits per heavy atom. The molecule has 0 saturated carbocycles. The zero-order chi connectivity index (χ0) is 20.8. The third-order valence-corrected chi connectivity index (χ3v) is 4.94. The van der Waals surface area contributed by atoms with Gasteiger partial charge in [-0.25, -0.2) is 0 Å². The van der Waals surface area contributed by atoms with E-state index in [-0.39, 0.29) is 5.78 Å². The monoisotopic (exact) mass is 446 g/mol. The number of allylic oxidation sites excluding steroid dienone is 1. The van der Waals surface area contributed by atoms with Gasteiger partial charge in [0.1, 0.15) is 18.1 Å². The highest BCUT2D eigenvalue weighted by Gasteiger charge is 2.09. The average molecular weight is 448 g/mol. The summed E-state index contributed by atoms with van der Waals surface area (Å²) in [6.07, 6.45) is 3.19. The van der Waals surface area contributed by atoms with E-state index in [2.05, 4.69) is 0 Å². The fourth-order valence-electron chi connectivity index (χ4n) is 2.66. The van der Waals surface area contributed by atoms with Gasteiger partial charge < -0.3 is 9.47 Å². The predicted molar refractivity (Wildman–Crippen MR) is 119 cm³/mol. The molecule has 0 heterocycles. The maximum Gasteiger partial charge on any atom is 0.187 e. The molecule has 0 fully saturated rings. The van der Waals surface area contributed by atoms with Crippen LogP contribution in [0.15, 0.2) is 66.7 Å². The summed E-state index contributed by atoms with van der Waals surface area (Å²) in [7, 11) is 1.60. The summed E-state index contributed by atoms with van der Waals surface area (Å²) in [5, 5.41) is 1.45. The molecule has 0 spiro atoms. The van der Waals surface area contributed by atoms with E-state index in [0.29, 0.717) is 38.7 Å². The van der Waals surface area contributed by atoms with Gasteiger partial charge in [0.2, 0.25) is 0 Å². The maximum absolute atomic E-state index is 12.4. The number of ether oxygens (including phenoxy) is 2. The zero-order valence-corrected chi connectivity index (χ0v) is 17.8. The molecule has 29 heavy (non-hydrogen) atoms. The van der Waals surface area contributed by atoms with Gasteiger partial charge in [-0.05, 0) is 66.2 Å². The minimum atomic E-state index is -0.207. The van der Waals surface area contributed by atoms with Crippen LogP contribution in [0, 0.1) is 0 Å². The van der Waals surface area contributed by atoms with Crippen LogP contribution in [0.3, 0.4) is 0 Å². The van der Waals surface area contributed by atoms with E-state index < -0.39 is 0 Å². The molecule has 0 aliphatic heterocycles. The molecule has 3 aromatic rings. The zero-order valence-electron chi connectivity index (χ0n) is 15.5. The first kappa shape index (κ1) is 21.3. The smallest absolute Gasteiger partial charge is 0.187 e. The highest BCUT2D eigenvalue weighted by atomic mass is 35.5. The Morgan fingerprint density at radius 1 is 0.931 bits per heavy atom. The molecule has 0 bridgehead atoms. The lowest BCUT2D eigenvalue weighted by Gasteiger charge is -2.11. The third-order valence-electron chi connectivity index (χ3n) is 4.14.